The molecule has 4 atom stereocenters. The Morgan fingerprint density at radius 2 is 1.83 bits per heavy atom. The summed E-state index contributed by atoms with van der Waals surface area (Å²) in [4.78, 5) is 36.2. The Morgan fingerprint density at radius 3 is 2.43 bits per heavy atom. The highest BCUT2D eigenvalue weighted by Crippen LogP contribution is 2.62. The maximum absolute atomic E-state index is 12.6. The van der Waals surface area contributed by atoms with E-state index in [9.17, 15) is 24.6 Å². The lowest BCUT2D eigenvalue weighted by Crippen LogP contribution is -2.69. The van der Waals surface area contributed by atoms with Crippen molar-refractivity contribution in [3.8, 4) is 5.75 Å². The first-order valence-corrected chi connectivity index (χ1v) is 10.1. The number of hydrogen-bond acceptors (Lipinski definition) is 6. The van der Waals surface area contributed by atoms with Crippen LogP contribution in [-0.2, 0) is 19.1 Å². The minimum Gasteiger partial charge on any atom is -0.508 e. The molecule has 0 saturated heterocycles. The van der Waals surface area contributed by atoms with E-state index in [1.807, 2.05) is 13.8 Å². The van der Waals surface area contributed by atoms with E-state index < -0.39 is 34.4 Å². The van der Waals surface area contributed by atoms with Gasteiger partial charge in [-0.25, -0.2) is 4.79 Å². The molecule has 6 heteroatoms. The third-order valence-electron chi connectivity index (χ3n) is 7.19. The zero-order chi connectivity index (χ0) is 22.2. The molecule has 2 aliphatic carbocycles. The molecule has 3 rings (SSSR count). The Labute approximate surface area is 176 Å². The molecule has 0 heterocycles. The van der Waals surface area contributed by atoms with Crippen LogP contribution in [0.4, 0.5) is 0 Å². The summed E-state index contributed by atoms with van der Waals surface area (Å²) in [5.41, 5.74) is -1.95. The van der Waals surface area contributed by atoms with Crippen LogP contribution in [0.3, 0.4) is 0 Å². The molecule has 30 heavy (non-hydrogen) atoms. The number of allylic oxidation sites excluding steroid dienone is 1. The number of fused-ring (bicyclic) bond motifs is 1. The second-order valence-electron chi connectivity index (χ2n) is 9.06. The van der Waals surface area contributed by atoms with E-state index in [4.69, 9.17) is 4.74 Å². The van der Waals surface area contributed by atoms with Crippen molar-refractivity contribution >= 4 is 24.6 Å². The van der Waals surface area contributed by atoms with Gasteiger partial charge in [-0.3, -0.25) is 4.79 Å². The molecule has 2 N–H and O–H groups in total. The molecule has 1 aromatic carbocycles. The molecule has 2 aliphatic rings. The van der Waals surface area contributed by atoms with Gasteiger partial charge in [0.05, 0.1) is 11.5 Å². The van der Waals surface area contributed by atoms with Crippen LogP contribution in [0.2, 0.25) is 0 Å². The summed E-state index contributed by atoms with van der Waals surface area (Å²) in [5, 5.41) is 21.1. The van der Waals surface area contributed by atoms with Gasteiger partial charge < -0.3 is 19.7 Å². The third-order valence-corrected chi connectivity index (χ3v) is 7.19. The molecular weight excluding hydrogens is 384 g/mol. The smallest absolute Gasteiger partial charge is 0.331 e. The van der Waals surface area contributed by atoms with Crippen LogP contribution < -0.4 is 0 Å². The maximum Gasteiger partial charge on any atom is 0.331 e. The summed E-state index contributed by atoms with van der Waals surface area (Å²) >= 11 is 0. The molecule has 0 amide bonds. The van der Waals surface area contributed by atoms with Crippen LogP contribution in [0.15, 0.2) is 42.0 Å². The minimum atomic E-state index is -1.32. The van der Waals surface area contributed by atoms with Gasteiger partial charge in [-0.15, -0.1) is 0 Å². The molecular formula is C24H28O6. The van der Waals surface area contributed by atoms with Crippen LogP contribution >= 0.6 is 0 Å². The number of ether oxygens (including phenoxy) is 1. The second kappa shape index (κ2) is 7.84. The fraction of sp³-hybridized carbons (Fsp3) is 0.458. The first kappa shape index (κ1) is 22.0. The number of aromatic hydroxyl groups is 1. The summed E-state index contributed by atoms with van der Waals surface area (Å²) in [6.07, 6.45) is 6.37. The van der Waals surface area contributed by atoms with Crippen LogP contribution in [0.25, 0.3) is 6.08 Å². The number of carbonyl (C=O) groups is 3. The van der Waals surface area contributed by atoms with Gasteiger partial charge >= 0.3 is 5.97 Å². The first-order chi connectivity index (χ1) is 14.1. The number of esters is 1. The Hall–Kier alpha value is -2.73. The summed E-state index contributed by atoms with van der Waals surface area (Å²) in [6.45, 7) is 5.62. The normalized spacial score (nSPS) is 32.7. The SMILES string of the molecule is CC1(C)CCC(OC(=O)C=Cc2ccc(O)cc2)C2(C)C(C=O)C(C=O)=CCC12O. The van der Waals surface area contributed by atoms with Crippen molar-refractivity contribution in [3.63, 3.8) is 0 Å². The van der Waals surface area contributed by atoms with Crippen molar-refractivity contribution in [3.05, 3.63) is 47.6 Å². The van der Waals surface area contributed by atoms with Crippen LogP contribution in [-0.4, -0.2) is 40.5 Å². The minimum absolute atomic E-state index is 0.128. The van der Waals surface area contributed by atoms with Crippen LogP contribution in [0, 0.1) is 16.7 Å². The molecule has 1 fully saturated rings. The van der Waals surface area contributed by atoms with E-state index in [1.165, 1.54) is 18.2 Å². The topological polar surface area (TPSA) is 101 Å². The van der Waals surface area contributed by atoms with E-state index in [0.29, 0.717) is 36.6 Å². The van der Waals surface area contributed by atoms with Gasteiger partial charge in [0, 0.05) is 11.5 Å². The summed E-state index contributed by atoms with van der Waals surface area (Å²) in [5.74, 6) is -1.33. The number of hydrogen-bond donors (Lipinski definition) is 2. The summed E-state index contributed by atoms with van der Waals surface area (Å²) in [6, 6.07) is 6.35. The lowest BCUT2D eigenvalue weighted by molar-refractivity contribution is -0.245. The highest BCUT2D eigenvalue weighted by molar-refractivity contribution is 5.87. The van der Waals surface area contributed by atoms with Gasteiger partial charge in [-0.05, 0) is 54.0 Å². The molecule has 160 valence electrons. The van der Waals surface area contributed by atoms with Gasteiger partial charge in [-0.2, -0.15) is 0 Å². The average molecular weight is 412 g/mol. The molecule has 4 unspecified atom stereocenters. The Kier molecular flexibility index (Phi) is 5.74. The van der Waals surface area contributed by atoms with Gasteiger partial charge in [0.2, 0.25) is 0 Å². The molecule has 1 saturated carbocycles. The molecule has 0 bridgehead atoms. The van der Waals surface area contributed by atoms with E-state index >= 15 is 0 Å². The molecule has 6 nitrogen and oxygen atoms in total. The number of rotatable bonds is 5. The lowest BCUT2D eigenvalue weighted by Gasteiger charge is -2.63. The van der Waals surface area contributed by atoms with Gasteiger partial charge in [-0.1, -0.05) is 39.0 Å². The van der Waals surface area contributed by atoms with E-state index in [1.54, 1.807) is 31.2 Å². The number of aliphatic hydroxyl groups is 1. The Morgan fingerprint density at radius 1 is 1.17 bits per heavy atom. The fourth-order valence-corrected chi connectivity index (χ4v) is 5.14. The van der Waals surface area contributed by atoms with E-state index in [-0.39, 0.29) is 12.2 Å². The van der Waals surface area contributed by atoms with Gasteiger partial charge in [0.1, 0.15) is 24.4 Å². The molecule has 0 aromatic heterocycles. The zero-order valence-electron chi connectivity index (χ0n) is 17.5. The van der Waals surface area contributed by atoms with Crippen LogP contribution in [0.5, 0.6) is 5.75 Å². The standard InChI is InChI=1S/C24H28O6/c1-22(2)12-11-20(30-21(28)9-6-16-4-7-18(27)8-5-16)23(3)19(15-26)17(14-25)10-13-24(22,23)29/h4-10,14-15,19-20,27,29H,11-13H2,1-3H3. The number of phenolic OH excluding ortho intramolecular Hbond substituents is 1. The third kappa shape index (κ3) is 3.39. The first-order valence-electron chi connectivity index (χ1n) is 10.1. The number of benzene rings is 1. The molecule has 0 spiro atoms. The van der Waals surface area contributed by atoms with Crippen molar-refractivity contribution in [2.75, 3.05) is 0 Å². The molecule has 0 radical (unpaired) electrons. The van der Waals surface area contributed by atoms with Crippen molar-refractivity contribution < 1.29 is 29.3 Å². The highest BCUT2D eigenvalue weighted by atomic mass is 16.5. The van der Waals surface area contributed by atoms with Crippen molar-refractivity contribution in [1.82, 2.24) is 0 Å². The van der Waals surface area contributed by atoms with Crippen molar-refractivity contribution in [2.45, 2.75) is 51.7 Å². The van der Waals surface area contributed by atoms with Gasteiger partial charge in [0.15, 0.2) is 0 Å². The summed E-state index contributed by atoms with van der Waals surface area (Å²) in [7, 11) is 0. The van der Waals surface area contributed by atoms with Crippen molar-refractivity contribution in [2.24, 2.45) is 16.7 Å². The average Bonchev–Trinajstić information content (AvgIpc) is 2.71. The fourth-order valence-electron chi connectivity index (χ4n) is 5.14. The predicted molar refractivity (Wildman–Crippen MR) is 111 cm³/mol. The molecule has 0 aliphatic heterocycles. The van der Waals surface area contributed by atoms with E-state index in [2.05, 4.69) is 0 Å². The Bertz CT molecular complexity index is 897. The number of carbonyl (C=O) groups excluding carboxylic acids is 3. The monoisotopic (exact) mass is 412 g/mol. The van der Waals surface area contributed by atoms with Crippen molar-refractivity contribution in [1.29, 1.82) is 0 Å². The highest BCUT2D eigenvalue weighted by Gasteiger charge is 2.67. The van der Waals surface area contributed by atoms with Gasteiger partial charge in [0.25, 0.3) is 0 Å². The maximum atomic E-state index is 12.6. The largest absolute Gasteiger partial charge is 0.508 e. The van der Waals surface area contributed by atoms with E-state index in [0.717, 1.165) is 0 Å². The molecule has 1 aromatic rings. The zero-order valence-corrected chi connectivity index (χ0v) is 17.5. The lowest BCUT2D eigenvalue weighted by atomic mass is 9.45. The number of aldehydes is 2. The predicted octanol–water partition coefficient (Wildman–Crippen LogP) is 3.22. The quantitative estimate of drug-likeness (QED) is 0.438. The second-order valence-corrected chi connectivity index (χ2v) is 9.06. The Balaban J connectivity index is 1.91. The number of phenols is 1. The van der Waals surface area contributed by atoms with Crippen LogP contribution in [0.1, 0.15) is 45.6 Å². The summed E-state index contributed by atoms with van der Waals surface area (Å²) < 4.78 is 5.76.